The second kappa shape index (κ2) is 8.74. The first-order valence-corrected chi connectivity index (χ1v) is 11.9. The molecule has 0 bridgehead atoms. The second-order valence-electron chi connectivity index (χ2n) is 9.63. The van der Waals surface area contributed by atoms with Crippen LogP contribution in [0.25, 0.3) is 0 Å². The molecule has 6 atom stereocenters. The van der Waals surface area contributed by atoms with Crippen LogP contribution in [0.1, 0.15) is 37.2 Å². The third-order valence-corrected chi connectivity index (χ3v) is 8.08. The van der Waals surface area contributed by atoms with Crippen LogP contribution in [-0.2, 0) is 14.4 Å². The van der Waals surface area contributed by atoms with Gasteiger partial charge >= 0.3 is 0 Å². The number of nitrogens with zero attached hydrogens (tertiary/aromatic N) is 1. The first-order valence-electron chi connectivity index (χ1n) is 11.5. The first-order chi connectivity index (χ1) is 15.4. The highest BCUT2D eigenvalue weighted by Crippen LogP contribution is 2.44. The number of carbonyl (C=O) groups excluding carboxylic acids is 3. The van der Waals surface area contributed by atoms with Gasteiger partial charge in [0.05, 0.1) is 12.1 Å². The van der Waals surface area contributed by atoms with Crippen LogP contribution in [0.3, 0.4) is 0 Å². The molecule has 172 valence electrons. The van der Waals surface area contributed by atoms with Crippen LogP contribution in [0.4, 0.5) is 0 Å². The highest BCUT2D eigenvalue weighted by Gasteiger charge is 2.52. The third kappa shape index (κ3) is 4.05. The standard InChI is InChI=1S/C23H30ClN5O3/c24-15-3-1-2-13(8-15)14-9-16-17(18(30)10-14)11-26-21-19(16)22(32)28-23(27-21)29-6-4-12(5-7-29)20(25)31/h1-3,8,12,14,16-17,19,21,23,26-27H,4-7,9-11H2,(H2,25,31)(H,28,32). The Morgan fingerprint density at radius 1 is 1.19 bits per heavy atom. The molecule has 8 nitrogen and oxygen atoms in total. The monoisotopic (exact) mass is 459 g/mol. The van der Waals surface area contributed by atoms with E-state index in [0.717, 1.165) is 12.0 Å². The Labute approximate surface area is 192 Å². The number of nitrogens with one attached hydrogen (secondary N) is 3. The van der Waals surface area contributed by atoms with E-state index in [-0.39, 0.29) is 59.6 Å². The molecule has 0 spiro atoms. The van der Waals surface area contributed by atoms with Gasteiger partial charge in [0.15, 0.2) is 0 Å². The molecule has 32 heavy (non-hydrogen) atoms. The molecule has 1 aliphatic carbocycles. The first kappa shape index (κ1) is 21.8. The van der Waals surface area contributed by atoms with Gasteiger partial charge in [-0.2, -0.15) is 0 Å². The summed E-state index contributed by atoms with van der Waals surface area (Å²) in [5, 5.41) is 10.8. The number of Topliss-reactive ketones (excluding diaryl/α,β-unsaturated/α-hetero) is 1. The summed E-state index contributed by atoms with van der Waals surface area (Å²) in [5.74, 6) is -0.510. The molecule has 0 radical (unpaired) electrons. The minimum absolute atomic E-state index is 0.0134. The molecule has 5 N–H and O–H groups in total. The molecule has 4 aliphatic rings. The SMILES string of the molecule is NC(=O)C1CCN(C2NC(=O)C3C(NCC4C(=O)CC(c5cccc(Cl)c5)CC43)N2)CC1. The van der Waals surface area contributed by atoms with E-state index < -0.39 is 0 Å². The lowest BCUT2D eigenvalue weighted by atomic mass is 9.63. The molecule has 5 rings (SSSR count). The lowest BCUT2D eigenvalue weighted by molar-refractivity contribution is -0.145. The van der Waals surface area contributed by atoms with Gasteiger partial charge in [-0.3, -0.25) is 24.6 Å². The van der Waals surface area contributed by atoms with Crippen molar-refractivity contribution in [3.63, 3.8) is 0 Å². The number of rotatable bonds is 3. The Morgan fingerprint density at radius 3 is 2.69 bits per heavy atom. The molecule has 1 aromatic rings. The summed E-state index contributed by atoms with van der Waals surface area (Å²) in [7, 11) is 0. The van der Waals surface area contributed by atoms with Crippen molar-refractivity contribution in [1.82, 2.24) is 20.9 Å². The number of hydrogen-bond acceptors (Lipinski definition) is 6. The summed E-state index contributed by atoms with van der Waals surface area (Å²) in [4.78, 5) is 39.9. The zero-order valence-corrected chi connectivity index (χ0v) is 18.7. The number of piperidine rings is 2. The fourth-order valence-electron chi connectivity index (χ4n) is 6.10. The van der Waals surface area contributed by atoms with Crippen LogP contribution in [0.15, 0.2) is 24.3 Å². The van der Waals surface area contributed by atoms with E-state index in [0.29, 0.717) is 43.9 Å². The Hall–Kier alpha value is -2.00. The van der Waals surface area contributed by atoms with E-state index in [1.807, 2.05) is 24.3 Å². The fraction of sp³-hybridized carbons (Fsp3) is 0.609. The minimum atomic E-state index is -0.306. The van der Waals surface area contributed by atoms with Gasteiger partial charge in [0.1, 0.15) is 12.1 Å². The van der Waals surface area contributed by atoms with E-state index in [2.05, 4.69) is 20.9 Å². The van der Waals surface area contributed by atoms with Gasteiger partial charge in [-0.25, -0.2) is 0 Å². The normalized spacial score (nSPS) is 36.2. The van der Waals surface area contributed by atoms with Gasteiger partial charge in [0.2, 0.25) is 11.8 Å². The maximum absolute atomic E-state index is 13.3. The minimum Gasteiger partial charge on any atom is -0.369 e. The number of primary amides is 1. The van der Waals surface area contributed by atoms with Crippen molar-refractivity contribution in [3.05, 3.63) is 34.9 Å². The van der Waals surface area contributed by atoms with Gasteiger partial charge in [0.25, 0.3) is 0 Å². The van der Waals surface area contributed by atoms with Crippen molar-refractivity contribution in [2.24, 2.45) is 29.4 Å². The quantitative estimate of drug-likeness (QED) is 0.530. The van der Waals surface area contributed by atoms with Crippen molar-refractivity contribution in [1.29, 1.82) is 0 Å². The van der Waals surface area contributed by atoms with Crippen molar-refractivity contribution in [3.8, 4) is 0 Å². The van der Waals surface area contributed by atoms with Gasteiger partial charge in [-0.15, -0.1) is 0 Å². The highest BCUT2D eigenvalue weighted by molar-refractivity contribution is 6.30. The summed E-state index contributed by atoms with van der Waals surface area (Å²) in [6.07, 6.45) is 2.22. The van der Waals surface area contributed by atoms with E-state index in [1.165, 1.54) is 0 Å². The summed E-state index contributed by atoms with van der Waals surface area (Å²) in [5.41, 5.74) is 6.52. The molecule has 3 aliphatic heterocycles. The largest absolute Gasteiger partial charge is 0.369 e. The van der Waals surface area contributed by atoms with Crippen LogP contribution in [-0.4, -0.2) is 54.6 Å². The lowest BCUT2D eigenvalue weighted by Gasteiger charge is -2.51. The molecule has 4 fully saturated rings. The average molecular weight is 460 g/mol. The predicted molar refractivity (Wildman–Crippen MR) is 119 cm³/mol. The smallest absolute Gasteiger partial charge is 0.228 e. The van der Waals surface area contributed by atoms with Crippen LogP contribution < -0.4 is 21.7 Å². The number of carbonyl (C=O) groups is 3. The average Bonchev–Trinajstić information content (AvgIpc) is 2.78. The zero-order chi connectivity index (χ0) is 22.4. The molecule has 0 aromatic heterocycles. The molecule has 6 unspecified atom stereocenters. The van der Waals surface area contributed by atoms with Gasteiger partial charge in [-0.05, 0) is 48.8 Å². The Balaban J connectivity index is 1.30. The van der Waals surface area contributed by atoms with Gasteiger partial charge < -0.3 is 16.4 Å². The Bertz CT molecular complexity index is 919. The molecule has 3 saturated heterocycles. The van der Waals surface area contributed by atoms with Crippen LogP contribution >= 0.6 is 11.6 Å². The molecule has 2 amide bonds. The highest BCUT2D eigenvalue weighted by atomic mass is 35.5. The number of amides is 2. The molecular weight excluding hydrogens is 430 g/mol. The number of nitrogens with two attached hydrogens (primary N) is 1. The molecular formula is C23H30ClN5O3. The maximum Gasteiger partial charge on any atom is 0.228 e. The van der Waals surface area contributed by atoms with Crippen molar-refractivity contribution >= 4 is 29.2 Å². The summed E-state index contributed by atoms with van der Waals surface area (Å²) in [6, 6.07) is 7.71. The zero-order valence-electron chi connectivity index (χ0n) is 17.9. The van der Waals surface area contributed by atoms with Crippen molar-refractivity contribution < 1.29 is 14.4 Å². The Morgan fingerprint density at radius 2 is 1.97 bits per heavy atom. The van der Waals surface area contributed by atoms with E-state index in [9.17, 15) is 14.4 Å². The number of benzene rings is 1. The molecule has 1 saturated carbocycles. The van der Waals surface area contributed by atoms with E-state index in [1.54, 1.807) is 0 Å². The summed E-state index contributed by atoms with van der Waals surface area (Å²) >= 11 is 6.19. The van der Waals surface area contributed by atoms with Crippen molar-refractivity contribution in [2.75, 3.05) is 19.6 Å². The topological polar surface area (TPSA) is 117 Å². The predicted octanol–water partition coefficient (Wildman–Crippen LogP) is 0.765. The third-order valence-electron chi connectivity index (χ3n) is 7.85. The number of ketones is 1. The molecule has 1 aromatic carbocycles. The van der Waals surface area contributed by atoms with Crippen molar-refractivity contribution in [2.45, 2.75) is 44.1 Å². The Kier molecular flexibility index (Phi) is 5.96. The summed E-state index contributed by atoms with van der Waals surface area (Å²) in [6.45, 7) is 1.98. The number of likely N-dealkylation sites (tertiary alicyclic amines) is 1. The van der Waals surface area contributed by atoms with Gasteiger partial charge in [0, 0.05) is 42.9 Å². The lowest BCUT2D eigenvalue weighted by Crippen LogP contribution is -2.75. The molecule has 3 heterocycles. The van der Waals surface area contributed by atoms with Crippen LogP contribution in [0, 0.1) is 23.7 Å². The number of halogens is 1. The van der Waals surface area contributed by atoms with Crippen LogP contribution in [0.5, 0.6) is 0 Å². The van der Waals surface area contributed by atoms with Crippen LogP contribution in [0.2, 0.25) is 5.02 Å². The molecule has 9 heteroatoms. The number of fused-ring (bicyclic) bond motifs is 3. The van der Waals surface area contributed by atoms with E-state index >= 15 is 0 Å². The number of hydrogen-bond donors (Lipinski definition) is 4. The second-order valence-corrected chi connectivity index (χ2v) is 10.1. The van der Waals surface area contributed by atoms with E-state index in [4.69, 9.17) is 17.3 Å². The van der Waals surface area contributed by atoms with Gasteiger partial charge in [-0.1, -0.05) is 23.7 Å². The fourth-order valence-corrected chi connectivity index (χ4v) is 6.30. The summed E-state index contributed by atoms with van der Waals surface area (Å²) < 4.78 is 0. The maximum atomic E-state index is 13.3.